The van der Waals surface area contributed by atoms with Crippen LogP contribution in [0.4, 0.5) is 10.5 Å². The number of amides is 2. The van der Waals surface area contributed by atoms with Crippen LogP contribution in [0.3, 0.4) is 0 Å². The van der Waals surface area contributed by atoms with Gasteiger partial charge in [0, 0.05) is 23.1 Å². The maximum atomic E-state index is 12.1. The van der Waals surface area contributed by atoms with E-state index in [1.165, 1.54) is 0 Å². The number of halogens is 1. The number of aliphatic hydroxyl groups is 1. The monoisotopic (exact) mass is 342 g/mol. The third-order valence-corrected chi connectivity index (χ3v) is 3.58. The number of aliphatic hydroxyl groups excluding tert-OH is 1. The number of carbonyl (C=O) groups excluding carboxylic acids is 1. The number of rotatable bonds is 2. The molecule has 0 saturated carbocycles. The first-order valence-corrected chi connectivity index (χ1v) is 6.92. The highest BCUT2D eigenvalue weighted by molar-refractivity contribution is 9.10. The average molecular weight is 343 g/mol. The molecule has 0 bridgehead atoms. The lowest BCUT2D eigenvalue weighted by Crippen LogP contribution is -2.43. The summed E-state index contributed by atoms with van der Waals surface area (Å²) in [5.74, 6) is -1.11. The van der Waals surface area contributed by atoms with Gasteiger partial charge in [0.1, 0.15) is 6.04 Å². The summed E-state index contributed by atoms with van der Waals surface area (Å²) in [6.45, 7) is 1.91. The number of nitrogens with zero attached hydrogens (tertiary/aromatic N) is 1. The third kappa shape index (κ3) is 3.29. The van der Waals surface area contributed by atoms with E-state index in [0.717, 1.165) is 14.9 Å². The summed E-state index contributed by atoms with van der Waals surface area (Å²) >= 11 is 3.33. The van der Waals surface area contributed by atoms with Gasteiger partial charge in [0.15, 0.2) is 0 Å². The van der Waals surface area contributed by atoms with E-state index in [9.17, 15) is 14.7 Å². The van der Waals surface area contributed by atoms with Crippen molar-refractivity contribution in [2.24, 2.45) is 0 Å². The van der Waals surface area contributed by atoms with Crippen LogP contribution in [0.15, 0.2) is 22.7 Å². The van der Waals surface area contributed by atoms with Gasteiger partial charge in [0.2, 0.25) is 0 Å². The van der Waals surface area contributed by atoms with E-state index in [1.54, 1.807) is 12.1 Å². The van der Waals surface area contributed by atoms with Crippen molar-refractivity contribution in [2.45, 2.75) is 25.5 Å². The van der Waals surface area contributed by atoms with Crippen molar-refractivity contribution in [3.8, 4) is 0 Å². The fraction of sp³-hybridized carbons (Fsp3) is 0.385. The van der Waals surface area contributed by atoms with Crippen LogP contribution < -0.4 is 5.32 Å². The second kappa shape index (κ2) is 5.80. The summed E-state index contributed by atoms with van der Waals surface area (Å²) in [4.78, 5) is 24.3. The Morgan fingerprint density at radius 3 is 2.70 bits per heavy atom. The van der Waals surface area contributed by atoms with E-state index in [1.807, 2.05) is 13.0 Å². The van der Waals surface area contributed by atoms with Gasteiger partial charge in [-0.3, -0.25) is 0 Å². The van der Waals surface area contributed by atoms with Crippen LogP contribution in [0.2, 0.25) is 0 Å². The highest BCUT2D eigenvalue weighted by Crippen LogP contribution is 2.22. The van der Waals surface area contributed by atoms with Gasteiger partial charge in [-0.1, -0.05) is 15.9 Å². The van der Waals surface area contributed by atoms with Crippen LogP contribution in [-0.2, 0) is 4.79 Å². The van der Waals surface area contributed by atoms with Gasteiger partial charge in [-0.05, 0) is 30.7 Å². The number of aliphatic carboxylic acids is 1. The van der Waals surface area contributed by atoms with Crippen LogP contribution in [0.5, 0.6) is 0 Å². The topological polar surface area (TPSA) is 89.9 Å². The van der Waals surface area contributed by atoms with E-state index in [2.05, 4.69) is 21.2 Å². The predicted molar refractivity (Wildman–Crippen MR) is 76.7 cm³/mol. The number of benzene rings is 1. The molecule has 2 amide bonds. The Bertz CT molecular complexity index is 529. The molecule has 1 aromatic carbocycles. The Kier molecular flexibility index (Phi) is 4.29. The Hall–Kier alpha value is -1.60. The molecule has 6 nitrogen and oxygen atoms in total. The molecule has 1 aromatic rings. The minimum Gasteiger partial charge on any atom is -0.480 e. The fourth-order valence-electron chi connectivity index (χ4n) is 2.28. The summed E-state index contributed by atoms with van der Waals surface area (Å²) < 4.78 is 0.823. The standard InChI is InChI=1S/C13H15BrN2O4/c1-7-2-8(14)4-9(3-7)15-13(20)16-6-10(17)5-11(16)12(18)19/h2-4,10-11,17H,5-6H2,1H3,(H,15,20)(H,18,19)/t10-,11+/m1/s1. The second-order valence-electron chi connectivity index (χ2n) is 4.84. The first-order chi connectivity index (χ1) is 9.36. The molecule has 1 aliphatic heterocycles. The van der Waals surface area contributed by atoms with E-state index in [4.69, 9.17) is 5.11 Å². The van der Waals surface area contributed by atoms with Crippen molar-refractivity contribution in [1.29, 1.82) is 0 Å². The van der Waals surface area contributed by atoms with Crippen LogP contribution in [0, 0.1) is 6.92 Å². The number of likely N-dealkylation sites (tertiary alicyclic amines) is 1. The fourth-order valence-corrected chi connectivity index (χ4v) is 2.88. The first kappa shape index (κ1) is 14.8. The molecule has 20 heavy (non-hydrogen) atoms. The molecule has 0 unspecified atom stereocenters. The molecular formula is C13H15BrN2O4. The number of carboxylic acid groups (broad SMARTS) is 1. The maximum Gasteiger partial charge on any atom is 0.326 e. The number of anilines is 1. The number of aryl methyl sites for hydroxylation is 1. The predicted octanol–water partition coefficient (Wildman–Crippen LogP) is 1.81. The Morgan fingerprint density at radius 1 is 1.40 bits per heavy atom. The maximum absolute atomic E-state index is 12.1. The van der Waals surface area contributed by atoms with Gasteiger partial charge in [-0.25, -0.2) is 9.59 Å². The van der Waals surface area contributed by atoms with Crippen molar-refractivity contribution in [1.82, 2.24) is 4.90 Å². The minimum atomic E-state index is -1.11. The van der Waals surface area contributed by atoms with Gasteiger partial charge >= 0.3 is 12.0 Å². The number of nitrogens with one attached hydrogen (secondary N) is 1. The zero-order chi connectivity index (χ0) is 14.9. The smallest absolute Gasteiger partial charge is 0.326 e. The zero-order valence-corrected chi connectivity index (χ0v) is 12.4. The third-order valence-electron chi connectivity index (χ3n) is 3.12. The first-order valence-electron chi connectivity index (χ1n) is 6.12. The number of urea groups is 1. The normalized spacial score (nSPS) is 21.9. The molecular weight excluding hydrogens is 328 g/mol. The number of hydrogen-bond donors (Lipinski definition) is 3. The van der Waals surface area contributed by atoms with Gasteiger partial charge in [-0.2, -0.15) is 0 Å². The highest BCUT2D eigenvalue weighted by atomic mass is 79.9. The molecule has 1 heterocycles. The van der Waals surface area contributed by atoms with Gasteiger partial charge in [-0.15, -0.1) is 0 Å². The Balaban J connectivity index is 2.13. The highest BCUT2D eigenvalue weighted by Gasteiger charge is 2.38. The molecule has 0 spiro atoms. The van der Waals surface area contributed by atoms with Gasteiger partial charge in [0.25, 0.3) is 0 Å². The summed E-state index contributed by atoms with van der Waals surface area (Å²) in [5.41, 5.74) is 1.54. The molecule has 0 aliphatic carbocycles. The average Bonchev–Trinajstić information content (AvgIpc) is 2.70. The van der Waals surface area contributed by atoms with Gasteiger partial charge < -0.3 is 20.4 Å². The second-order valence-corrected chi connectivity index (χ2v) is 5.76. The zero-order valence-electron chi connectivity index (χ0n) is 10.8. The molecule has 7 heteroatoms. The van der Waals surface area contributed by atoms with E-state index in [0.29, 0.717) is 5.69 Å². The largest absolute Gasteiger partial charge is 0.480 e. The van der Waals surface area contributed by atoms with Gasteiger partial charge in [0.05, 0.1) is 6.10 Å². The Morgan fingerprint density at radius 2 is 2.10 bits per heavy atom. The number of carbonyl (C=O) groups is 2. The van der Waals surface area contributed by atoms with E-state index < -0.39 is 24.1 Å². The summed E-state index contributed by atoms with van der Waals surface area (Å²) in [6, 6.07) is 3.90. The number of β-amino-alcohol motifs (C(OH)–C–C–N with tert-alkyl or cyclic N) is 1. The molecule has 2 rings (SSSR count). The molecule has 3 N–H and O–H groups in total. The quantitative estimate of drug-likeness (QED) is 0.764. The van der Waals surface area contributed by atoms with Crippen molar-refractivity contribution in [3.63, 3.8) is 0 Å². The molecule has 108 valence electrons. The van der Waals surface area contributed by atoms with Crippen molar-refractivity contribution < 1.29 is 19.8 Å². The summed E-state index contributed by atoms with van der Waals surface area (Å²) in [6.07, 6.45) is -0.744. The van der Waals surface area contributed by atoms with E-state index >= 15 is 0 Å². The van der Waals surface area contributed by atoms with Crippen molar-refractivity contribution in [3.05, 3.63) is 28.2 Å². The van der Waals surface area contributed by atoms with Crippen LogP contribution in [-0.4, -0.2) is 45.8 Å². The van der Waals surface area contributed by atoms with Crippen molar-refractivity contribution in [2.75, 3.05) is 11.9 Å². The molecule has 1 saturated heterocycles. The SMILES string of the molecule is Cc1cc(Br)cc(NC(=O)N2C[C@H](O)C[C@H]2C(=O)O)c1. The van der Waals surface area contributed by atoms with Crippen LogP contribution in [0.1, 0.15) is 12.0 Å². The molecule has 1 fully saturated rings. The number of hydrogen-bond acceptors (Lipinski definition) is 3. The molecule has 0 radical (unpaired) electrons. The minimum absolute atomic E-state index is 0.0236. The lowest BCUT2D eigenvalue weighted by Gasteiger charge is -2.21. The summed E-state index contributed by atoms with van der Waals surface area (Å²) in [5, 5.41) is 21.2. The lowest BCUT2D eigenvalue weighted by atomic mass is 10.2. The van der Waals surface area contributed by atoms with Crippen LogP contribution in [0.25, 0.3) is 0 Å². The molecule has 0 aromatic heterocycles. The van der Waals surface area contributed by atoms with E-state index in [-0.39, 0.29) is 13.0 Å². The number of carboxylic acids is 1. The lowest BCUT2D eigenvalue weighted by molar-refractivity contribution is -0.141. The van der Waals surface area contributed by atoms with Crippen LogP contribution >= 0.6 is 15.9 Å². The summed E-state index contributed by atoms with van der Waals surface area (Å²) in [7, 11) is 0. The Labute approximate surface area is 124 Å². The van der Waals surface area contributed by atoms with Crippen molar-refractivity contribution >= 4 is 33.6 Å². The molecule has 2 atom stereocenters. The molecule has 1 aliphatic rings.